The normalized spacial score (nSPS) is 12.8. The molecule has 0 saturated heterocycles. The van der Waals surface area contributed by atoms with Crippen molar-refractivity contribution in [2.24, 2.45) is 0 Å². The Morgan fingerprint density at radius 3 is 3.00 bits per heavy atom. The average molecular weight is 246 g/mol. The van der Waals surface area contributed by atoms with E-state index in [2.05, 4.69) is 21.7 Å². The second-order valence-corrected chi connectivity index (χ2v) is 4.51. The van der Waals surface area contributed by atoms with E-state index in [9.17, 15) is 0 Å². The SMILES string of the molecule is Cc1cc(Cl)c2c(n1)Nc1ccccc1CN2. The molecule has 2 heterocycles. The molecule has 0 aliphatic carbocycles. The number of rotatable bonds is 0. The first-order valence-electron chi connectivity index (χ1n) is 5.50. The van der Waals surface area contributed by atoms with Gasteiger partial charge in [-0.3, -0.25) is 0 Å². The Labute approximate surface area is 105 Å². The molecule has 2 N–H and O–H groups in total. The Morgan fingerprint density at radius 2 is 2.12 bits per heavy atom. The van der Waals surface area contributed by atoms with Gasteiger partial charge in [-0.05, 0) is 24.6 Å². The number of aryl methyl sites for hydroxylation is 1. The molecule has 0 unspecified atom stereocenters. The van der Waals surface area contributed by atoms with E-state index in [1.807, 2.05) is 31.2 Å². The third kappa shape index (κ3) is 1.83. The average Bonchev–Trinajstić information content (AvgIpc) is 2.47. The number of aromatic nitrogens is 1. The lowest BCUT2D eigenvalue weighted by atomic mass is 10.2. The van der Waals surface area contributed by atoms with Crippen molar-refractivity contribution < 1.29 is 0 Å². The van der Waals surface area contributed by atoms with Crippen molar-refractivity contribution in [3.05, 3.63) is 46.6 Å². The molecule has 0 bridgehead atoms. The molecule has 1 aliphatic rings. The van der Waals surface area contributed by atoms with Crippen LogP contribution in [-0.2, 0) is 6.54 Å². The number of para-hydroxylation sites is 1. The van der Waals surface area contributed by atoms with Crippen LogP contribution in [0.25, 0.3) is 0 Å². The summed E-state index contributed by atoms with van der Waals surface area (Å²) in [4.78, 5) is 4.48. The lowest BCUT2D eigenvalue weighted by molar-refractivity contribution is 1.16. The summed E-state index contributed by atoms with van der Waals surface area (Å²) in [7, 11) is 0. The molecular formula is C13H12ClN3. The molecule has 4 heteroatoms. The van der Waals surface area contributed by atoms with Crippen molar-refractivity contribution in [3.8, 4) is 0 Å². The number of anilines is 3. The van der Waals surface area contributed by atoms with Crippen LogP contribution < -0.4 is 10.6 Å². The number of nitrogens with one attached hydrogen (secondary N) is 2. The molecule has 2 aromatic rings. The standard InChI is InChI=1S/C13H12ClN3/c1-8-6-10(14)12-13(16-8)17-11-5-3-2-4-9(11)7-15-12/h2-6,15H,7H2,1H3,(H,16,17). The molecule has 86 valence electrons. The summed E-state index contributed by atoms with van der Waals surface area (Å²) in [6.45, 7) is 2.69. The van der Waals surface area contributed by atoms with Gasteiger partial charge in [0.25, 0.3) is 0 Å². The van der Waals surface area contributed by atoms with E-state index in [0.29, 0.717) is 5.02 Å². The highest BCUT2D eigenvalue weighted by molar-refractivity contribution is 6.34. The van der Waals surface area contributed by atoms with Crippen LogP contribution in [-0.4, -0.2) is 4.98 Å². The van der Waals surface area contributed by atoms with Gasteiger partial charge in [0.15, 0.2) is 5.82 Å². The molecular weight excluding hydrogens is 234 g/mol. The molecule has 1 aliphatic heterocycles. The minimum absolute atomic E-state index is 0.702. The Balaban J connectivity index is 2.14. The number of pyridine rings is 1. The molecule has 0 amide bonds. The summed E-state index contributed by atoms with van der Waals surface area (Å²) in [6.07, 6.45) is 0. The van der Waals surface area contributed by atoms with Gasteiger partial charge in [0.1, 0.15) is 0 Å². The predicted octanol–water partition coefficient (Wildman–Crippen LogP) is 3.71. The topological polar surface area (TPSA) is 37.0 Å². The molecule has 3 rings (SSSR count). The van der Waals surface area contributed by atoms with Gasteiger partial charge >= 0.3 is 0 Å². The molecule has 0 spiro atoms. The van der Waals surface area contributed by atoms with Crippen molar-refractivity contribution in [2.45, 2.75) is 13.5 Å². The minimum atomic E-state index is 0.702. The highest BCUT2D eigenvalue weighted by atomic mass is 35.5. The maximum absolute atomic E-state index is 6.22. The van der Waals surface area contributed by atoms with E-state index in [-0.39, 0.29) is 0 Å². The summed E-state index contributed by atoms with van der Waals surface area (Å²) in [5.74, 6) is 0.792. The van der Waals surface area contributed by atoms with Gasteiger partial charge in [0, 0.05) is 17.9 Å². The van der Waals surface area contributed by atoms with Crippen LogP contribution in [0.1, 0.15) is 11.3 Å². The molecule has 0 saturated carbocycles. The molecule has 0 radical (unpaired) electrons. The van der Waals surface area contributed by atoms with Crippen molar-refractivity contribution in [2.75, 3.05) is 10.6 Å². The summed E-state index contributed by atoms with van der Waals surface area (Å²) in [5.41, 5.74) is 4.06. The van der Waals surface area contributed by atoms with Crippen LogP contribution in [0, 0.1) is 6.92 Å². The predicted molar refractivity (Wildman–Crippen MR) is 71.0 cm³/mol. The van der Waals surface area contributed by atoms with Crippen LogP contribution in [0.5, 0.6) is 0 Å². The second-order valence-electron chi connectivity index (χ2n) is 4.10. The van der Waals surface area contributed by atoms with Crippen LogP contribution in [0.3, 0.4) is 0 Å². The minimum Gasteiger partial charge on any atom is -0.377 e. The van der Waals surface area contributed by atoms with E-state index in [1.54, 1.807) is 0 Å². The van der Waals surface area contributed by atoms with E-state index in [1.165, 1.54) is 5.56 Å². The fourth-order valence-electron chi connectivity index (χ4n) is 2.00. The first kappa shape index (κ1) is 10.4. The van der Waals surface area contributed by atoms with E-state index >= 15 is 0 Å². The van der Waals surface area contributed by atoms with Gasteiger partial charge in [-0.25, -0.2) is 4.98 Å². The second kappa shape index (κ2) is 3.93. The zero-order valence-corrected chi connectivity index (χ0v) is 10.2. The zero-order valence-electron chi connectivity index (χ0n) is 9.42. The largest absolute Gasteiger partial charge is 0.377 e. The number of benzene rings is 1. The van der Waals surface area contributed by atoms with Crippen LogP contribution in [0.15, 0.2) is 30.3 Å². The Kier molecular flexibility index (Phi) is 2.41. The highest BCUT2D eigenvalue weighted by Gasteiger charge is 2.15. The Morgan fingerprint density at radius 1 is 1.29 bits per heavy atom. The molecule has 0 fully saturated rings. The maximum atomic E-state index is 6.22. The number of halogens is 1. The summed E-state index contributed by atoms with van der Waals surface area (Å²) >= 11 is 6.22. The molecule has 3 nitrogen and oxygen atoms in total. The maximum Gasteiger partial charge on any atom is 0.155 e. The van der Waals surface area contributed by atoms with E-state index in [4.69, 9.17) is 11.6 Å². The van der Waals surface area contributed by atoms with Crippen molar-refractivity contribution in [3.63, 3.8) is 0 Å². The number of hydrogen-bond donors (Lipinski definition) is 2. The summed E-state index contributed by atoms with van der Waals surface area (Å²) in [6, 6.07) is 10.0. The summed E-state index contributed by atoms with van der Waals surface area (Å²) < 4.78 is 0. The van der Waals surface area contributed by atoms with Gasteiger partial charge in [-0.1, -0.05) is 29.8 Å². The van der Waals surface area contributed by atoms with Crippen LogP contribution in [0.2, 0.25) is 5.02 Å². The molecule has 0 atom stereocenters. The van der Waals surface area contributed by atoms with Gasteiger partial charge in [0.05, 0.1) is 10.7 Å². The smallest absolute Gasteiger partial charge is 0.155 e. The number of hydrogen-bond acceptors (Lipinski definition) is 3. The van der Waals surface area contributed by atoms with Gasteiger partial charge < -0.3 is 10.6 Å². The Hall–Kier alpha value is -1.74. The molecule has 1 aromatic heterocycles. The first-order valence-corrected chi connectivity index (χ1v) is 5.88. The van der Waals surface area contributed by atoms with E-state index < -0.39 is 0 Å². The lowest BCUT2D eigenvalue weighted by Gasteiger charge is -2.10. The number of fused-ring (bicyclic) bond motifs is 2. The quantitative estimate of drug-likeness (QED) is 0.743. The van der Waals surface area contributed by atoms with Gasteiger partial charge in [-0.2, -0.15) is 0 Å². The van der Waals surface area contributed by atoms with Gasteiger partial charge in [0.2, 0.25) is 0 Å². The Bertz CT molecular complexity index is 581. The first-order chi connectivity index (χ1) is 8.24. The molecule has 1 aromatic carbocycles. The number of nitrogens with zero attached hydrogens (tertiary/aromatic N) is 1. The van der Waals surface area contributed by atoms with Crippen LogP contribution in [0.4, 0.5) is 17.2 Å². The van der Waals surface area contributed by atoms with Crippen LogP contribution >= 0.6 is 11.6 Å². The van der Waals surface area contributed by atoms with Crippen molar-refractivity contribution in [1.82, 2.24) is 4.98 Å². The lowest BCUT2D eigenvalue weighted by Crippen LogP contribution is -1.99. The third-order valence-corrected chi connectivity index (χ3v) is 3.12. The van der Waals surface area contributed by atoms with Crippen molar-refractivity contribution >= 4 is 28.8 Å². The zero-order chi connectivity index (χ0) is 11.8. The highest BCUT2D eigenvalue weighted by Crippen LogP contribution is 2.35. The monoisotopic (exact) mass is 245 g/mol. The molecule has 17 heavy (non-hydrogen) atoms. The third-order valence-electron chi connectivity index (χ3n) is 2.83. The van der Waals surface area contributed by atoms with Crippen molar-refractivity contribution in [1.29, 1.82) is 0 Å². The fraction of sp³-hybridized carbons (Fsp3) is 0.154. The summed E-state index contributed by atoms with van der Waals surface area (Å²) in [5, 5.41) is 7.35. The van der Waals surface area contributed by atoms with Gasteiger partial charge in [-0.15, -0.1) is 0 Å². The fourth-order valence-corrected chi connectivity index (χ4v) is 2.31. The van der Waals surface area contributed by atoms with E-state index in [0.717, 1.165) is 29.4 Å².